The molecule has 5 nitrogen and oxygen atoms in total. The molecule has 0 aliphatic rings. The summed E-state index contributed by atoms with van der Waals surface area (Å²) in [7, 11) is -3.53. The van der Waals surface area contributed by atoms with E-state index in [1.165, 1.54) is 11.3 Å². The molecule has 0 radical (unpaired) electrons. The van der Waals surface area contributed by atoms with Crippen LogP contribution in [0.25, 0.3) is 11.3 Å². The van der Waals surface area contributed by atoms with Gasteiger partial charge in [-0.25, -0.2) is 18.5 Å². The molecule has 96 valence electrons. The Labute approximate surface area is 110 Å². The molecule has 0 saturated heterocycles. The van der Waals surface area contributed by atoms with Gasteiger partial charge in [-0.2, -0.15) is 0 Å². The maximum atomic E-state index is 11.0. The number of primary sulfonamides is 1. The van der Waals surface area contributed by atoms with Crippen molar-refractivity contribution >= 4 is 21.4 Å². The molecule has 0 bridgehead atoms. The van der Waals surface area contributed by atoms with Gasteiger partial charge in [-0.1, -0.05) is 24.3 Å². The molecule has 0 fully saturated rings. The largest absolute Gasteiger partial charge is 0.326 e. The number of hydrogen-bond acceptors (Lipinski definition) is 5. The minimum atomic E-state index is -3.53. The first kappa shape index (κ1) is 13.2. The lowest BCUT2D eigenvalue weighted by atomic mass is 10.1. The van der Waals surface area contributed by atoms with E-state index >= 15 is 0 Å². The minimum Gasteiger partial charge on any atom is -0.326 e. The molecule has 1 aromatic heterocycles. The summed E-state index contributed by atoms with van der Waals surface area (Å²) < 4.78 is 21.9. The van der Waals surface area contributed by atoms with Crippen molar-refractivity contribution < 1.29 is 8.42 Å². The molecular weight excluding hydrogens is 270 g/mol. The molecule has 2 aromatic rings. The van der Waals surface area contributed by atoms with Gasteiger partial charge in [-0.3, -0.25) is 0 Å². The molecule has 4 N–H and O–H groups in total. The van der Waals surface area contributed by atoms with E-state index in [4.69, 9.17) is 10.9 Å². The van der Waals surface area contributed by atoms with Crippen LogP contribution >= 0.6 is 11.3 Å². The van der Waals surface area contributed by atoms with E-state index < -0.39 is 10.0 Å². The van der Waals surface area contributed by atoms with E-state index in [0.29, 0.717) is 11.6 Å². The SMILES string of the molecule is NCc1ccc(-c2csc(CS(N)(=O)=O)n2)cc1. The highest BCUT2D eigenvalue weighted by Crippen LogP contribution is 2.23. The van der Waals surface area contributed by atoms with Crippen molar-refractivity contribution in [3.8, 4) is 11.3 Å². The lowest BCUT2D eigenvalue weighted by Gasteiger charge is -1.99. The Hall–Kier alpha value is -1.28. The number of nitrogens with two attached hydrogens (primary N) is 2. The molecule has 1 aromatic carbocycles. The second-order valence-electron chi connectivity index (χ2n) is 3.83. The van der Waals surface area contributed by atoms with E-state index in [9.17, 15) is 8.42 Å². The van der Waals surface area contributed by atoms with Crippen molar-refractivity contribution in [2.24, 2.45) is 10.9 Å². The van der Waals surface area contributed by atoms with Crippen LogP contribution in [0.4, 0.5) is 0 Å². The summed E-state index contributed by atoms with van der Waals surface area (Å²) in [5.74, 6) is -0.224. The Balaban J connectivity index is 2.23. The maximum Gasteiger partial charge on any atom is 0.215 e. The number of rotatable bonds is 4. The molecule has 7 heteroatoms. The van der Waals surface area contributed by atoms with Crippen LogP contribution < -0.4 is 10.9 Å². The fraction of sp³-hybridized carbons (Fsp3) is 0.182. The summed E-state index contributed by atoms with van der Waals surface area (Å²) >= 11 is 1.29. The van der Waals surface area contributed by atoms with Crippen molar-refractivity contribution in [1.29, 1.82) is 0 Å². The summed E-state index contributed by atoms with van der Waals surface area (Å²) in [4.78, 5) is 4.25. The summed E-state index contributed by atoms with van der Waals surface area (Å²) in [6.07, 6.45) is 0. The average Bonchev–Trinajstić information content (AvgIpc) is 2.75. The van der Waals surface area contributed by atoms with Gasteiger partial charge < -0.3 is 5.73 Å². The quantitative estimate of drug-likeness (QED) is 0.876. The first-order valence-electron chi connectivity index (χ1n) is 5.22. The molecule has 0 unspecified atom stereocenters. The summed E-state index contributed by atoms with van der Waals surface area (Å²) in [5.41, 5.74) is 8.24. The molecule has 0 spiro atoms. The van der Waals surface area contributed by atoms with E-state index in [1.54, 1.807) is 0 Å². The van der Waals surface area contributed by atoms with Crippen molar-refractivity contribution in [3.05, 3.63) is 40.2 Å². The Kier molecular flexibility index (Phi) is 3.76. The molecule has 1 heterocycles. The third-order valence-corrected chi connectivity index (χ3v) is 4.07. The second-order valence-corrected chi connectivity index (χ2v) is 6.39. The average molecular weight is 283 g/mol. The zero-order chi connectivity index (χ0) is 13.2. The van der Waals surface area contributed by atoms with Gasteiger partial charge in [0, 0.05) is 17.5 Å². The van der Waals surface area contributed by atoms with E-state index in [0.717, 1.165) is 16.8 Å². The van der Waals surface area contributed by atoms with Crippen LogP contribution in [0, 0.1) is 0 Å². The highest BCUT2D eigenvalue weighted by Gasteiger charge is 2.10. The fourth-order valence-electron chi connectivity index (χ4n) is 1.49. The molecule has 0 aliphatic heterocycles. The Morgan fingerprint density at radius 1 is 1.22 bits per heavy atom. The molecule has 0 amide bonds. The van der Waals surface area contributed by atoms with Gasteiger partial charge in [-0.05, 0) is 5.56 Å². The summed E-state index contributed by atoms with van der Waals surface area (Å²) in [6, 6.07) is 7.68. The first-order chi connectivity index (χ1) is 8.48. The number of thiazole rings is 1. The van der Waals surface area contributed by atoms with Gasteiger partial charge >= 0.3 is 0 Å². The van der Waals surface area contributed by atoms with Gasteiger partial charge in [0.25, 0.3) is 0 Å². The van der Waals surface area contributed by atoms with Gasteiger partial charge in [0.1, 0.15) is 10.8 Å². The minimum absolute atomic E-state index is 0.224. The fourth-order valence-corrected chi connectivity index (χ4v) is 3.25. The topological polar surface area (TPSA) is 99.1 Å². The van der Waals surface area contributed by atoms with Crippen LogP contribution in [0.2, 0.25) is 0 Å². The third-order valence-electron chi connectivity index (χ3n) is 2.36. The van der Waals surface area contributed by atoms with Gasteiger partial charge in [0.05, 0.1) is 5.69 Å². The predicted octanol–water partition coefficient (Wildman–Crippen LogP) is 1.06. The maximum absolute atomic E-state index is 11.0. The van der Waals surface area contributed by atoms with Crippen LogP contribution in [-0.4, -0.2) is 13.4 Å². The van der Waals surface area contributed by atoms with Crippen molar-refractivity contribution in [2.45, 2.75) is 12.3 Å². The zero-order valence-electron chi connectivity index (χ0n) is 9.54. The number of hydrogen-bond donors (Lipinski definition) is 2. The molecular formula is C11H13N3O2S2. The highest BCUT2D eigenvalue weighted by atomic mass is 32.2. The number of benzene rings is 1. The van der Waals surface area contributed by atoms with E-state index in [-0.39, 0.29) is 5.75 Å². The van der Waals surface area contributed by atoms with Crippen molar-refractivity contribution in [1.82, 2.24) is 4.98 Å². The van der Waals surface area contributed by atoms with Crippen molar-refractivity contribution in [2.75, 3.05) is 0 Å². The Morgan fingerprint density at radius 3 is 2.44 bits per heavy atom. The Bertz CT molecular complexity index is 633. The van der Waals surface area contributed by atoms with Crippen LogP contribution in [0.5, 0.6) is 0 Å². The van der Waals surface area contributed by atoms with Crippen LogP contribution in [0.3, 0.4) is 0 Å². The van der Waals surface area contributed by atoms with Crippen LogP contribution in [-0.2, 0) is 22.3 Å². The van der Waals surface area contributed by atoms with Crippen LogP contribution in [0.15, 0.2) is 29.6 Å². The zero-order valence-corrected chi connectivity index (χ0v) is 11.2. The molecule has 0 saturated carbocycles. The van der Waals surface area contributed by atoms with Gasteiger partial charge in [0.2, 0.25) is 10.0 Å². The lowest BCUT2D eigenvalue weighted by Crippen LogP contribution is -2.14. The predicted molar refractivity (Wildman–Crippen MR) is 72.3 cm³/mol. The number of aromatic nitrogens is 1. The monoisotopic (exact) mass is 283 g/mol. The molecule has 2 rings (SSSR count). The normalized spacial score (nSPS) is 11.7. The standard InChI is InChI=1S/C11H13N3O2S2/c12-5-8-1-3-9(4-2-8)10-6-17-11(14-10)7-18(13,15)16/h1-4,6H,5,7,12H2,(H2,13,15,16). The van der Waals surface area contributed by atoms with Crippen molar-refractivity contribution in [3.63, 3.8) is 0 Å². The third kappa shape index (κ3) is 3.36. The summed E-state index contributed by atoms with van der Waals surface area (Å²) in [5, 5.41) is 7.29. The second kappa shape index (κ2) is 5.15. The highest BCUT2D eigenvalue weighted by molar-refractivity contribution is 7.88. The van der Waals surface area contributed by atoms with E-state index in [2.05, 4.69) is 4.98 Å². The van der Waals surface area contributed by atoms with Gasteiger partial charge in [0.15, 0.2) is 0 Å². The summed E-state index contributed by atoms with van der Waals surface area (Å²) in [6.45, 7) is 0.494. The van der Waals surface area contributed by atoms with E-state index in [1.807, 2.05) is 29.6 Å². The lowest BCUT2D eigenvalue weighted by molar-refractivity contribution is 0.597. The molecule has 0 aliphatic carbocycles. The first-order valence-corrected chi connectivity index (χ1v) is 7.82. The number of nitrogens with zero attached hydrogens (tertiary/aromatic N) is 1. The number of sulfonamides is 1. The van der Waals surface area contributed by atoms with Gasteiger partial charge in [-0.15, -0.1) is 11.3 Å². The molecule has 0 atom stereocenters. The smallest absolute Gasteiger partial charge is 0.215 e. The molecule has 18 heavy (non-hydrogen) atoms. The Morgan fingerprint density at radius 2 is 1.89 bits per heavy atom. The van der Waals surface area contributed by atoms with Crippen LogP contribution in [0.1, 0.15) is 10.6 Å².